The Hall–Kier alpha value is -2.89. The van der Waals surface area contributed by atoms with Gasteiger partial charge in [0.2, 0.25) is 5.88 Å². The zero-order chi connectivity index (χ0) is 19.0. The second kappa shape index (κ2) is 8.99. The minimum Gasteiger partial charge on any atom is -0.481 e. The van der Waals surface area contributed by atoms with E-state index in [0.717, 1.165) is 5.56 Å². The number of carboxylic acids is 1. The lowest BCUT2D eigenvalue weighted by molar-refractivity contribution is -0.138. The number of aliphatic carboxylic acids is 1. The summed E-state index contributed by atoms with van der Waals surface area (Å²) >= 11 is 0. The van der Waals surface area contributed by atoms with Gasteiger partial charge in [-0.25, -0.2) is 4.98 Å². The molecule has 0 unspecified atom stereocenters. The minimum absolute atomic E-state index is 0.117. The molecule has 1 heterocycles. The quantitative estimate of drug-likeness (QED) is 0.719. The van der Waals surface area contributed by atoms with Crippen molar-refractivity contribution in [2.75, 3.05) is 0 Å². The third kappa shape index (κ3) is 5.31. The molecule has 0 saturated heterocycles. The van der Waals surface area contributed by atoms with E-state index >= 15 is 0 Å². The standard InChI is InChI=1S/C20H24N2O4/c1-3-20(4-2,13-18(23)24)22-19(25)16-10-11-21-17(12-16)26-14-15-8-6-5-7-9-15/h5-12H,3-4,13-14H2,1-2H3,(H,22,25)(H,23,24). The number of nitrogens with zero attached hydrogens (tertiary/aromatic N) is 1. The summed E-state index contributed by atoms with van der Waals surface area (Å²) in [5.41, 5.74) is 0.623. The van der Waals surface area contributed by atoms with E-state index in [1.807, 2.05) is 44.2 Å². The van der Waals surface area contributed by atoms with Crippen LogP contribution in [0.25, 0.3) is 0 Å². The van der Waals surface area contributed by atoms with E-state index in [4.69, 9.17) is 9.84 Å². The van der Waals surface area contributed by atoms with Gasteiger partial charge in [0.15, 0.2) is 0 Å². The summed E-state index contributed by atoms with van der Waals surface area (Å²) in [6.07, 6.45) is 2.45. The third-order valence-electron chi connectivity index (χ3n) is 4.45. The number of hydrogen-bond donors (Lipinski definition) is 2. The van der Waals surface area contributed by atoms with Gasteiger partial charge >= 0.3 is 5.97 Å². The first-order valence-electron chi connectivity index (χ1n) is 8.65. The first kappa shape index (κ1) is 19.4. The van der Waals surface area contributed by atoms with Gasteiger partial charge in [0.25, 0.3) is 5.91 Å². The van der Waals surface area contributed by atoms with Crippen molar-refractivity contribution in [3.63, 3.8) is 0 Å². The minimum atomic E-state index is -0.935. The van der Waals surface area contributed by atoms with Crippen LogP contribution in [0.2, 0.25) is 0 Å². The summed E-state index contributed by atoms with van der Waals surface area (Å²) in [4.78, 5) is 27.9. The average Bonchev–Trinajstić information content (AvgIpc) is 2.66. The topological polar surface area (TPSA) is 88.5 Å². The number of rotatable bonds is 9. The van der Waals surface area contributed by atoms with E-state index in [-0.39, 0.29) is 12.3 Å². The first-order valence-corrected chi connectivity index (χ1v) is 8.65. The van der Waals surface area contributed by atoms with Crippen LogP contribution in [-0.4, -0.2) is 27.5 Å². The van der Waals surface area contributed by atoms with Crippen molar-refractivity contribution in [1.82, 2.24) is 10.3 Å². The molecule has 6 heteroatoms. The Morgan fingerprint density at radius 2 is 1.85 bits per heavy atom. The number of carbonyl (C=O) groups is 2. The maximum Gasteiger partial charge on any atom is 0.305 e. The highest BCUT2D eigenvalue weighted by Crippen LogP contribution is 2.21. The molecule has 1 amide bonds. The van der Waals surface area contributed by atoms with Gasteiger partial charge in [0.05, 0.1) is 12.0 Å². The fourth-order valence-electron chi connectivity index (χ4n) is 2.68. The van der Waals surface area contributed by atoms with E-state index in [1.165, 1.54) is 6.20 Å². The second-order valence-electron chi connectivity index (χ2n) is 6.17. The molecule has 0 bridgehead atoms. The van der Waals surface area contributed by atoms with Crippen molar-refractivity contribution in [3.05, 3.63) is 59.8 Å². The Balaban J connectivity index is 2.08. The Bertz CT molecular complexity index is 742. The lowest BCUT2D eigenvalue weighted by Gasteiger charge is -2.31. The zero-order valence-electron chi connectivity index (χ0n) is 15.1. The molecule has 0 aliphatic rings. The molecule has 0 saturated carbocycles. The molecule has 1 aromatic carbocycles. The fraction of sp³-hybridized carbons (Fsp3) is 0.350. The van der Waals surface area contributed by atoms with E-state index in [2.05, 4.69) is 10.3 Å². The summed E-state index contributed by atoms with van der Waals surface area (Å²) in [5.74, 6) is -0.921. The van der Waals surface area contributed by atoms with Crippen LogP contribution in [0.3, 0.4) is 0 Å². The largest absolute Gasteiger partial charge is 0.481 e. The normalized spacial score (nSPS) is 11.0. The number of nitrogens with one attached hydrogen (secondary N) is 1. The molecule has 6 nitrogen and oxygen atoms in total. The summed E-state index contributed by atoms with van der Waals surface area (Å²) in [7, 11) is 0. The molecule has 0 aliphatic heterocycles. The Morgan fingerprint density at radius 3 is 2.46 bits per heavy atom. The van der Waals surface area contributed by atoms with Crippen LogP contribution >= 0.6 is 0 Å². The molecule has 0 atom stereocenters. The van der Waals surface area contributed by atoms with Gasteiger partial charge in [0.1, 0.15) is 6.61 Å². The molecule has 26 heavy (non-hydrogen) atoms. The number of hydrogen-bond acceptors (Lipinski definition) is 4. The second-order valence-corrected chi connectivity index (χ2v) is 6.17. The lowest BCUT2D eigenvalue weighted by atomic mass is 9.88. The molecule has 0 spiro atoms. The predicted octanol–water partition coefficient (Wildman–Crippen LogP) is 3.42. The van der Waals surface area contributed by atoms with Crippen molar-refractivity contribution >= 4 is 11.9 Å². The van der Waals surface area contributed by atoms with Crippen LogP contribution < -0.4 is 10.1 Å². The van der Waals surface area contributed by atoms with Gasteiger partial charge < -0.3 is 15.2 Å². The van der Waals surface area contributed by atoms with Crippen molar-refractivity contribution in [1.29, 1.82) is 0 Å². The van der Waals surface area contributed by atoms with Crippen LogP contribution in [0.5, 0.6) is 5.88 Å². The van der Waals surface area contributed by atoms with E-state index in [9.17, 15) is 9.59 Å². The molecule has 2 aromatic rings. The number of carboxylic acid groups (broad SMARTS) is 1. The third-order valence-corrected chi connectivity index (χ3v) is 4.45. The fourth-order valence-corrected chi connectivity index (χ4v) is 2.68. The van der Waals surface area contributed by atoms with E-state index in [1.54, 1.807) is 12.1 Å². The molecule has 1 aromatic heterocycles. The van der Waals surface area contributed by atoms with Crippen molar-refractivity contribution in [2.24, 2.45) is 0 Å². The molecule has 138 valence electrons. The Kier molecular flexibility index (Phi) is 6.72. The van der Waals surface area contributed by atoms with Crippen LogP contribution in [-0.2, 0) is 11.4 Å². The zero-order valence-corrected chi connectivity index (χ0v) is 15.1. The van der Waals surface area contributed by atoms with Gasteiger partial charge in [-0.05, 0) is 24.5 Å². The Labute approximate surface area is 153 Å². The van der Waals surface area contributed by atoms with E-state index < -0.39 is 11.5 Å². The SMILES string of the molecule is CCC(CC)(CC(=O)O)NC(=O)c1ccnc(OCc2ccccc2)c1. The summed E-state index contributed by atoms with van der Waals surface area (Å²) in [6.45, 7) is 4.09. The van der Waals surface area contributed by atoms with Crippen molar-refractivity contribution < 1.29 is 19.4 Å². The van der Waals surface area contributed by atoms with Crippen LogP contribution in [0.4, 0.5) is 0 Å². The Morgan fingerprint density at radius 1 is 1.15 bits per heavy atom. The van der Waals surface area contributed by atoms with Gasteiger partial charge in [0, 0.05) is 17.8 Å². The molecular weight excluding hydrogens is 332 g/mol. The highest BCUT2D eigenvalue weighted by atomic mass is 16.5. The van der Waals surface area contributed by atoms with Gasteiger partial charge in [-0.15, -0.1) is 0 Å². The lowest BCUT2D eigenvalue weighted by Crippen LogP contribution is -2.49. The molecular formula is C20H24N2O4. The smallest absolute Gasteiger partial charge is 0.305 e. The summed E-state index contributed by atoms with van der Waals surface area (Å²) in [5, 5.41) is 12.0. The molecule has 0 aliphatic carbocycles. The first-order chi connectivity index (χ1) is 12.5. The number of benzene rings is 1. The van der Waals surface area contributed by atoms with Crippen molar-refractivity contribution in [2.45, 2.75) is 45.3 Å². The number of aromatic nitrogens is 1. The number of amides is 1. The van der Waals surface area contributed by atoms with Crippen LogP contribution in [0.15, 0.2) is 48.7 Å². The highest BCUT2D eigenvalue weighted by Gasteiger charge is 2.31. The van der Waals surface area contributed by atoms with Gasteiger partial charge in [-0.2, -0.15) is 0 Å². The van der Waals surface area contributed by atoms with Crippen LogP contribution in [0, 0.1) is 0 Å². The number of pyridine rings is 1. The summed E-state index contributed by atoms with van der Waals surface area (Å²) in [6, 6.07) is 12.8. The van der Waals surface area contributed by atoms with Crippen molar-refractivity contribution in [3.8, 4) is 5.88 Å². The molecule has 0 fully saturated rings. The monoisotopic (exact) mass is 356 g/mol. The highest BCUT2D eigenvalue weighted by molar-refractivity contribution is 5.95. The maximum atomic E-state index is 12.6. The van der Waals surface area contributed by atoms with Gasteiger partial charge in [-0.1, -0.05) is 44.2 Å². The number of carbonyl (C=O) groups excluding carboxylic acids is 1. The van der Waals surface area contributed by atoms with Crippen LogP contribution in [0.1, 0.15) is 49.0 Å². The molecule has 2 N–H and O–H groups in total. The molecule has 2 rings (SSSR count). The van der Waals surface area contributed by atoms with E-state index in [0.29, 0.717) is 30.9 Å². The number of ether oxygens (including phenoxy) is 1. The maximum absolute atomic E-state index is 12.6. The predicted molar refractivity (Wildman–Crippen MR) is 98.0 cm³/mol. The van der Waals surface area contributed by atoms with Gasteiger partial charge in [-0.3, -0.25) is 9.59 Å². The average molecular weight is 356 g/mol. The summed E-state index contributed by atoms with van der Waals surface area (Å²) < 4.78 is 5.64. The molecule has 0 radical (unpaired) electrons.